The van der Waals surface area contributed by atoms with Crippen LogP contribution in [0, 0.1) is 0 Å². The Labute approximate surface area is 117 Å². The van der Waals surface area contributed by atoms with Crippen LogP contribution in [0.5, 0.6) is 0 Å². The lowest BCUT2D eigenvalue weighted by molar-refractivity contribution is -0.121. The quantitative estimate of drug-likeness (QED) is 0.829. The average Bonchev–Trinajstić information content (AvgIpc) is 2.47. The maximum absolute atomic E-state index is 11.0. The van der Waals surface area contributed by atoms with Crippen molar-refractivity contribution in [1.82, 2.24) is 4.90 Å². The molecule has 1 saturated heterocycles. The Balaban J connectivity index is 0.000000659. The number of carbonyl (C=O) groups is 1. The van der Waals surface area contributed by atoms with Gasteiger partial charge < -0.3 is 0 Å². The summed E-state index contributed by atoms with van der Waals surface area (Å²) in [7, 11) is 0. The summed E-state index contributed by atoms with van der Waals surface area (Å²) in [5.41, 5.74) is 1.34. The van der Waals surface area contributed by atoms with Crippen LogP contribution in [0.1, 0.15) is 32.3 Å². The largest absolute Gasteiger partial charge is 0.300 e. The second kappa shape index (κ2) is 11.3. The maximum atomic E-state index is 11.0. The van der Waals surface area contributed by atoms with Crippen molar-refractivity contribution < 1.29 is 4.79 Å². The molecule has 2 nitrogen and oxygen atoms in total. The van der Waals surface area contributed by atoms with Gasteiger partial charge in [0.05, 0.1) is 0 Å². The molecule has 0 aliphatic carbocycles. The van der Waals surface area contributed by atoms with E-state index in [0.717, 1.165) is 32.5 Å². The molecule has 0 atom stereocenters. The van der Waals surface area contributed by atoms with Crippen molar-refractivity contribution in [2.75, 3.05) is 19.3 Å². The fraction of sp³-hybridized carbons (Fsp3) is 0.533. The third-order valence-corrected chi connectivity index (χ3v) is 2.66. The van der Waals surface area contributed by atoms with Gasteiger partial charge in [-0.05, 0) is 11.8 Å². The highest BCUT2D eigenvalue weighted by Crippen LogP contribution is 2.10. The molecule has 1 aliphatic rings. The van der Waals surface area contributed by atoms with E-state index in [1.165, 1.54) is 5.56 Å². The molecule has 0 spiro atoms. The molecule has 102 valence electrons. The Bertz CT molecular complexity index is 304. The fourth-order valence-electron chi connectivity index (χ4n) is 1.80. The van der Waals surface area contributed by atoms with Crippen molar-refractivity contribution in [1.29, 1.82) is 0 Å². The van der Waals surface area contributed by atoms with Gasteiger partial charge in [0, 0.05) is 32.5 Å². The zero-order valence-corrected chi connectivity index (χ0v) is 12.6. The van der Waals surface area contributed by atoms with Gasteiger partial charge in [0.1, 0.15) is 5.78 Å². The lowest BCUT2D eigenvalue weighted by atomic mass is 10.1. The number of benzene rings is 1. The molecule has 1 aliphatic heterocycles. The molecule has 0 amide bonds. The fourth-order valence-corrected chi connectivity index (χ4v) is 1.80. The molecule has 18 heavy (non-hydrogen) atoms. The van der Waals surface area contributed by atoms with Crippen LogP contribution >= 0.6 is 12.6 Å². The number of Topliss-reactive ketones (excluding diaryl/α,β-unsaturated/α-hetero) is 1. The summed E-state index contributed by atoms with van der Waals surface area (Å²) in [5.74, 6) is 0.411. The number of nitrogens with zero attached hydrogens (tertiary/aromatic N) is 1. The zero-order valence-electron chi connectivity index (χ0n) is 11.7. The van der Waals surface area contributed by atoms with Gasteiger partial charge in [-0.1, -0.05) is 44.2 Å². The van der Waals surface area contributed by atoms with E-state index in [-0.39, 0.29) is 0 Å². The summed E-state index contributed by atoms with van der Waals surface area (Å²) < 4.78 is 0. The van der Waals surface area contributed by atoms with E-state index in [0.29, 0.717) is 5.78 Å². The first-order valence-electron chi connectivity index (χ1n) is 6.57. The van der Waals surface area contributed by atoms with Crippen LogP contribution in [-0.2, 0) is 11.3 Å². The maximum Gasteiger partial charge on any atom is 0.135 e. The molecule has 2 rings (SSSR count). The van der Waals surface area contributed by atoms with Crippen molar-refractivity contribution >= 4 is 18.4 Å². The topological polar surface area (TPSA) is 20.3 Å². The smallest absolute Gasteiger partial charge is 0.135 e. The van der Waals surface area contributed by atoms with Gasteiger partial charge in [-0.25, -0.2) is 0 Å². The highest BCUT2D eigenvalue weighted by Gasteiger charge is 2.15. The minimum Gasteiger partial charge on any atom is -0.300 e. The van der Waals surface area contributed by atoms with Gasteiger partial charge in [0.15, 0.2) is 0 Å². The summed E-state index contributed by atoms with van der Waals surface area (Å²) in [5, 5.41) is 0. The van der Waals surface area contributed by atoms with Crippen LogP contribution in [0.25, 0.3) is 0 Å². The first-order valence-corrected chi connectivity index (χ1v) is 7.47. The number of hydrogen-bond acceptors (Lipinski definition) is 3. The van der Waals surface area contributed by atoms with Crippen LogP contribution in [0.4, 0.5) is 0 Å². The van der Waals surface area contributed by atoms with Crippen molar-refractivity contribution in [2.24, 2.45) is 0 Å². The van der Waals surface area contributed by atoms with Crippen molar-refractivity contribution in [3.05, 3.63) is 35.9 Å². The van der Waals surface area contributed by atoms with Gasteiger partial charge in [-0.3, -0.25) is 9.69 Å². The second-order valence-corrected chi connectivity index (χ2v) is 3.80. The first kappa shape index (κ1) is 17.2. The molecule has 0 radical (unpaired) electrons. The number of thiol groups is 1. The molecule has 1 fully saturated rings. The minimum absolute atomic E-state index is 0.411. The van der Waals surface area contributed by atoms with Crippen LogP contribution < -0.4 is 0 Å². The van der Waals surface area contributed by atoms with Crippen molar-refractivity contribution in [3.63, 3.8) is 0 Å². The van der Waals surface area contributed by atoms with Gasteiger partial charge in [0.2, 0.25) is 0 Å². The second-order valence-electron chi connectivity index (χ2n) is 3.80. The number of carbonyl (C=O) groups excluding carboxylic acids is 1. The Hall–Kier alpha value is -0.800. The van der Waals surface area contributed by atoms with Crippen LogP contribution in [-0.4, -0.2) is 30.0 Å². The standard InChI is InChI=1S/C12H15NO.C2H6.CH4S/c14-12-6-8-13(9-7-12)10-11-4-2-1-3-5-11;2*1-2/h1-5H,6-10H2;1-2H3;2H,1H3. The molecule has 3 heteroatoms. The first-order chi connectivity index (χ1) is 8.84. The Morgan fingerprint density at radius 3 is 2.06 bits per heavy atom. The zero-order chi connectivity index (χ0) is 13.8. The van der Waals surface area contributed by atoms with Gasteiger partial charge in [-0.2, -0.15) is 12.6 Å². The lowest BCUT2D eigenvalue weighted by Crippen LogP contribution is -2.33. The molecule has 0 bridgehead atoms. The van der Waals surface area contributed by atoms with E-state index in [4.69, 9.17) is 0 Å². The molecular weight excluding hydrogens is 242 g/mol. The Morgan fingerprint density at radius 1 is 1.06 bits per heavy atom. The van der Waals surface area contributed by atoms with E-state index in [9.17, 15) is 4.79 Å². The predicted octanol–water partition coefficient (Wildman–Crippen LogP) is 3.42. The van der Waals surface area contributed by atoms with E-state index < -0.39 is 0 Å². The molecule has 0 N–H and O–H groups in total. The van der Waals surface area contributed by atoms with Gasteiger partial charge in [-0.15, -0.1) is 0 Å². The molecule has 1 aromatic rings. The van der Waals surface area contributed by atoms with Crippen LogP contribution in [0.2, 0.25) is 0 Å². The van der Waals surface area contributed by atoms with Crippen molar-refractivity contribution in [3.8, 4) is 0 Å². The molecule has 1 heterocycles. The molecule has 0 saturated carbocycles. The third kappa shape index (κ3) is 6.82. The summed E-state index contributed by atoms with van der Waals surface area (Å²) in [6.07, 6.45) is 3.15. The number of piperidine rings is 1. The summed E-state index contributed by atoms with van der Waals surface area (Å²) >= 11 is 3.53. The lowest BCUT2D eigenvalue weighted by Gasteiger charge is -2.25. The summed E-state index contributed by atoms with van der Waals surface area (Å²) in [6.45, 7) is 6.83. The monoisotopic (exact) mass is 267 g/mol. The van der Waals surface area contributed by atoms with E-state index in [1.54, 1.807) is 6.26 Å². The van der Waals surface area contributed by atoms with E-state index in [2.05, 4.69) is 41.8 Å². The molecule has 1 aromatic carbocycles. The number of hydrogen-bond donors (Lipinski definition) is 1. The normalized spacial score (nSPS) is 15.0. The minimum atomic E-state index is 0.411. The molecular formula is C15H25NOS. The average molecular weight is 267 g/mol. The Morgan fingerprint density at radius 2 is 1.56 bits per heavy atom. The number of ketones is 1. The predicted molar refractivity (Wildman–Crippen MR) is 82.2 cm³/mol. The number of rotatable bonds is 2. The number of likely N-dealkylation sites (tertiary alicyclic amines) is 1. The Kier molecular flexibility index (Phi) is 10.8. The summed E-state index contributed by atoms with van der Waals surface area (Å²) in [4.78, 5) is 13.4. The highest BCUT2D eigenvalue weighted by molar-refractivity contribution is 7.79. The van der Waals surface area contributed by atoms with E-state index in [1.807, 2.05) is 19.9 Å². The van der Waals surface area contributed by atoms with Crippen LogP contribution in [0.3, 0.4) is 0 Å². The molecule has 0 unspecified atom stereocenters. The van der Waals surface area contributed by atoms with Crippen molar-refractivity contribution in [2.45, 2.75) is 33.2 Å². The molecule has 0 aromatic heterocycles. The SMILES string of the molecule is CC.CS.O=C1CCN(Cc2ccccc2)CC1. The van der Waals surface area contributed by atoms with Crippen LogP contribution in [0.15, 0.2) is 30.3 Å². The van der Waals surface area contributed by atoms with Gasteiger partial charge in [0.25, 0.3) is 0 Å². The highest BCUT2D eigenvalue weighted by atomic mass is 32.1. The van der Waals surface area contributed by atoms with Gasteiger partial charge >= 0.3 is 0 Å². The van der Waals surface area contributed by atoms with E-state index >= 15 is 0 Å². The third-order valence-electron chi connectivity index (χ3n) is 2.66. The summed E-state index contributed by atoms with van der Waals surface area (Å²) in [6, 6.07) is 10.4.